The Bertz CT molecular complexity index is 410. The molecule has 0 aliphatic carbocycles. The van der Waals surface area contributed by atoms with Crippen LogP contribution in [0.1, 0.15) is 110 Å². The topological polar surface area (TPSA) is 52.6 Å². The molecule has 5 heteroatoms. The van der Waals surface area contributed by atoms with E-state index in [-0.39, 0.29) is 12.5 Å². The quantitative estimate of drug-likeness (QED) is 0.0840. The molecule has 0 aromatic rings. The number of hydrogen-bond acceptors (Lipinski definition) is 4. The number of halogens is 1. The minimum absolute atomic E-state index is 0.138. The smallest absolute Gasteiger partial charge is 0.331 e. The van der Waals surface area contributed by atoms with Crippen LogP contribution >= 0.6 is 11.6 Å². The van der Waals surface area contributed by atoms with E-state index in [2.05, 4.69) is 6.92 Å². The zero-order chi connectivity index (χ0) is 21.4. The summed E-state index contributed by atoms with van der Waals surface area (Å²) in [7, 11) is 0. The van der Waals surface area contributed by atoms with E-state index in [0.29, 0.717) is 6.61 Å². The first kappa shape index (κ1) is 28.0. The molecule has 0 saturated heterocycles. The zero-order valence-electron chi connectivity index (χ0n) is 18.6. The number of unbranched alkanes of at least 4 members (excludes halogenated alkanes) is 15. The lowest BCUT2D eigenvalue weighted by molar-refractivity contribution is -0.140. The first-order valence-corrected chi connectivity index (χ1v) is 12.3. The Hall–Kier alpha value is -1.03. The van der Waals surface area contributed by atoms with Crippen molar-refractivity contribution in [2.24, 2.45) is 0 Å². The van der Waals surface area contributed by atoms with Crippen LogP contribution in [0.4, 0.5) is 0 Å². The molecule has 0 atom stereocenters. The molecule has 0 N–H and O–H groups in total. The average molecular weight is 431 g/mol. The second-order valence-corrected chi connectivity index (χ2v) is 8.04. The van der Waals surface area contributed by atoms with E-state index in [4.69, 9.17) is 21.1 Å². The van der Waals surface area contributed by atoms with Gasteiger partial charge in [-0.2, -0.15) is 0 Å². The summed E-state index contributed by atoms with van der Waals surface area (Å²) in [6, 6.07) is 0. The summed E-state index contributed by atoms with van der Waals surface area (Å²) in [6.45, 7) is 2.81. The molecule has 0 unspecified atom stereocenters. The molecule has 0 aromatic heterocycles. The summed E-state index contributed by atoms with van der Waals surface area (Å²) in [5.41, 5.74) is 0. The van der Waals surface area contributed by atoms with Crippen LogP contribution in [0.25, 0.3) is 0 Å². The van der Waals surface area contributed by atoms with Crippen LogP contribution in [0.3, 0.4) is 0 Å². The number of alkyl halides is 1. The van der Waals surface area contributed by atoms with Crippen LogP contribution in [0.15, 0.2) is 12.2 Å². The van der Waals surface area contributed by atoms with Crippen molar-refractivity contribution in [2.75, 3.05) is 19.1 Å². The van der Waals surface area contributed by atoms with Crippen molar-refractivity contribution in [3.8, 4) is 0 Å². The van der Waals surface area contributed by atoms with E-state index in [0.717, 1.165) is 25.0 Å². The van der Waals surface area contributed by atoms with Crippen molar-refractivity contribution in [3.63, 3.8) is 0 Å². The Morgan fingerprint density at radius 1 is 0.586 bits per heavy atom. The summed E-state index contributed by atoms with van der Waals surface area (Å²) in [6.07, 6.45) is 23.2. The number of esters is 2. The fraction of sp³-hybridized carbons (Fsp3) is 0.833. The number of carbonyl (C=O) groups is 2. The van der Waals surface area contributed by atoms with Gasteiger partial charge in [0.2, 0.25) is 0 Å². The molecule has 0 aliphatic rings. The molecule has 0 aromatic carbocycles. The molecule has 0 heterocycles. The van der Waals surface area contributed by atoms with Crippen molar-refractivity contribution in [2.45, 2.75) is 110 Å². The Balaban J connectivity index is 3.24. The van der Waals surface area contributed by atoms with Crippen LogP contribution in [-0.4, -0.2) is 31.0 Å². The van der Waals surface area contributed by atoms with Crippen molar-refractivity contribution < 1.29 is 19.1 Å². The van der Waals surface area contributed by atoms with Crippen LogP contribution in [-0.2, 0) is 19.1 Å². The van der Waals surface area contributed by atoms with Gasteiger partial charge in [-0.3, -0.25) is 0 Å². The first-order chi connectivity index (χ1) is 14.2. The normalized spacial score (nSPS) is 11.1. The SMILES string of the molecule is CCCCCCCCCCCCCCCCCCOC(=O)/C=C/C(=O)OCCCl. The van der Waals surface area contributed by atoms with Gasteiger partial charge in [0.05, 0.1) is 12.5 Å². The maximum atomic E-state index is 11.4. The monoisotopic (exact) mass is 430 g/mol. The Morgan fingerprint density at radius 3 is 1.31 bits per heavy atom. The highest BCUT2D eigenvalue weighted by molar-refractivity contribution is 6.18. The number of rotatable bonds is 21. The van der Waals surface area contributed by atoms with Gasteiger partial charge in [-0.1, -0.05) is 103 Å². The molecule has 29 heavy (non-hydrogen) atoms. The number of carbonyl (C=O) groups excluding carboxylic acids is 2. The molecular weight excluding hydrogens is 388 g/mol. The van der Waals surface area contributed by atoms with E-state index < -0.39 is 11.9 Å². The zero-order valence-corrected chi connectivity index (χ0v) is 19.4. The van der Waals surface area contributed by atoms with Crippen LogP contribution < -0.4 is 0 Å². The van der Waals surface area contributed by atoms with Gasteiger partial charge in [0.15, 0.2) is 0 Å². The molecule has 0 radical (unpaired) electrons. The Labute approximate surface area is 183 Å². The second-order valence-electron chi connectivity index (χ2n) is 7.66. The molecule has 0 aliphatic heterocycles. The van der Waals surface area contributed by atoms with Crippen molar-refractivity contribution in [1.82, 2.24) is 0 Å². The maximum Gasteiger partial charge on any atom is 0.331 e. The minimum atomic E-state index is -0.579. The molecule has 4 nitrogen and oxygen atoms in total. The van der Waals surface area contributed by atoms with Gasteiger partial charge in [0.25, 0.3) is 0 Å². The number of ether oxygens (including phenoxy) is 2. The van der Waals surface area contributed by atoms with Gasteiger partial charge < -0.3 is 9.47 Å². The third kappa shape index (κ3) is 23.1. The molecule has 0 bridgehead atoms. The molecule has 0 rings (SSSR count). The lowest BCUT2D eigenvalue weighted by atomic mass is 10.0. The third-order valence-corrected chi connectivity index (χ3v) is 5.07. The summed E-state index contributed by atoms with van der Waals surface area (Å²) in [4.78, 5) is 22.6. The summed E-state index contributed by atoms with van der Waals surface area (Å²) >= 11 is 5.40. The molecular formula is C24H43ClO4. The summed E-state index contributed by atoms with van der Waals surface area (Å²) in [5.74, 6) is -0.845. The van der Waals surface area contributed by atoms with E-state index in [1.807, 2.05) is 0 Å². The first-order valence-electron chi connectivity index (χ1n) is 11.8. The van der Waals surface area contributed by atoms with Crippen molar-refractivity contribution in [3.05, 3.63) is 12.2 Å². The van der Waals surface area contributed by atoms with Crippen LogP contribution in [0.5, 0.6) is 0 Å². The lowest BCUT2D eigenvalue weighted by Crippen LogP contribution is -2.06. The van der Waals surface area contributed by atoms with Crippen LogP contribution in [0.2, 0.25) is 0 Å². The molecule has 170 valence electrons. The minimum Gasteiger partial charge on any atom is -0.463 e. The van der Waals surface area contributed by atoms with E-state index >= 15 is 0 Å². The Kier molecular flexibility index (Phi) is 22.4. The lowest BCUT2D eigenvalue weighted by Gasteiger charge is -2.04. The van der Waals surface area contributed by atoms with E-state index in [1.54, 1.807) is 0 Å². The van der Waals surface area contributed by atoms with Gasteiger partial charge in [-0.15, -0.1) is 11.6 Å². The average Bonchev–Trinajstić information content (AvgIpc) is 2.72. The predicted octanol–water partition coefficient (Wildman–Crippen LogP) is 7.13. The van der Waals surface area contributed by atoms with Gasteiger partial charge >= 0.3 is 11.9 Å². The predicted molar refractivity (Wildman–Crippen MR) is 121 cm³/mol. The highest BCUT2D eigenvalue weighted by Gasteiger charge is 2.01. The highest BCUT2D eigenvalue weighted by Crippen LogP contribution is 2.13. The molecule has 0 fully saturated rings. The maximum absolute atomic E-state index is 11.4. The van der Waals surface area contributed by atoms with E-state index in [9.17, 15) is 9.59 Å². The fourth-order valence-corrected chi connectivity index (χ4v) is 3.27. The van der Waals surface area contributed by atoms with Gasteiger partial charge in [-0.25, -0.2) is 9.59 Å². The van der Waals surface area contributed by atoms with Gasteiger partial charge in [0.1, 0.15) is 6.61 Å². The molecule has 0 amide bonds. The van der Waals surface area contributed by atoms with E-state index in [1.165, 1.54) is 89.9 Å². The standard InChI is InChI=1S/C24H43ClO4/c1-2-3-4-5-6-7-8-9-10-11-12-13-14-15-16-17-21-28-23(26)18-19-24(27)29-22-20-25/h18-19H,2-17,20-22H2,1H3/b19-18+. The van der Waals surface area contributed by atoms with Crippen molar-refractivity contribution >= 4 is 23.5 Å². The summed E-state index contributed by atoms with van der Waals surface area (Å²) in [5, 5.41) is 0. The largest absolute Gasteiger partial charge is 0.463 e. The third-order valence-electron chi connectivity index (χ3n) is 4.92. The summed E-state index contributed by atoms with van der Waals surface area (Å²) < 4.78 is 9.77. The van der Waals surface area contributed by atoms with Gasteiger partial charge in [-0.05, 0) is 6.42 Å². The highest BCUT2D eigenvalue weighted by atomic mass is 35.5. The number of hydrogen-bond donors (Lipinski definition) is 0. The Morgan fingerprint density at radius 2 is 0.931 bits per heavy atom. The van der Waals surface area contributed by atoms with Crippen molar-refractivity contribution in [1.29, 1.82) is 0 Å². The second kappa shape index (κ2) is 23.3. The molecule has 0 saturated carbocycles. The van der Waals surface area contributed by atoms with Crippen LogP contribution in [0, 0.1) is 0 Å². The molecule has 0 spiro atoms. The fourth-order valence-electron chi connectivity index (χ4n) is 3.19. The van der Waals surface area contributed by atoms with Gasteiger partial charge in [0, 0.05) is 12.2 Å².